The van der Waals surface area contributed by atoms with Crippen molar-refractivity contribution >= 4 is 11.9 Å². The number of amides is 1. The first-order chi connectivity index (χ1) is 12.9. The number of benzene rings is 1. The normalized spacial score (nSPS) is 24.9. The fraction of sp³-hybridized carbons (Fsp3) is 0.619. The predicted molar refractivity (Wildman–Crippen MR) is 100 cm³/mol. The van der Waals surface area contributed by atoms with Gasteiger partial charge in [0.1, 0.15) is 0 Å². The van der Waals surface area contributed by atoms with Gasteiger partial charge in [-0.2, -0.15) is 0 Å². The van der Waals surface area contributed by atoms with Crippen LogP contribution < -0.4 is 0 Å². The molecule has 0 spiro atoms. The maximum absolute atomic E-state index is 13.4. The third kappa shape index (κ3) is 3.87. The molecule has 3 rings (SSSR count). The summed E-state index contributed by atoms with van der Waals surface area (Å²) in [5.41, 5.74) is -0.791. The Morgan fingerprint density at radius 2 is 1.85 bits per heavy atom. The second-order valence-electron chi connectivity index (χ2n) is 7.97. The van der Waals surface area contributed by atoms with Crippen molar-refractivity contribution in [2.75, 3.05) is 26.3 Å². The van der Waals surface area contributed by atoms with E-state index in [1.54, 1.807) is 4.90 Å². The largest absolute Gasteiger partial charge is 0.481 e. The van der Waals surface area contributed by atoms with Crippen molar-refractivity contribution in [1.82, 2.24) is 4.90 Å². The number of likely N-dealkylation sites (tertiary alicyclic amines) is 1. The number of carbonyl (C=O) groups excluding carboxylic acids is 1. The van der Waals surface area contributed by atoms with Crippen LogP contribution >= 0.6 is 0 Å². The fourth-order valence-corrected chi connectivity index (χ4v) is 4.10. The summed E-state index contributed by atoms with van der Waals surface area (Å²) in [5, 5.41) is 9.77. The van der Waals surface area contributed by atoms with Crippen LogP contribution in [0.3, 0.4) is 0 Å². The Balaban J connectivity index is 1.77. The number of carboxylic acids is 1. The Morgan fingerprint density at radius 1 is 1.19 bits per heavy atom. The molecule has 2 aliphatic rings. The zero-order valence-corrected chi connectivity index (χ0v) is 16.1. The van der Waals surface area contributed by atoms with Gasteiger partial charge in [0.2, 0.25) is 0 Å². The van der Waals surface area contributed by atoms with Crippen molar-refractivity contribution in [3.05, 3.63) is 35.9 Å². The van der Waals surface area contributed by atoms with Gasteiger partial charge in [-0.3, -0.25) is 9.59 Å². The molecule has 0 aliphatic carbocycles. The van der Waals surface area contributed by atoms with Crippen LogP contribution in [0.2, 0.25) is 0 Å². The van der Waals surface area contributed by atoms with Crippen LogP contribution in [0.15, 0.2) is 30.3 Å². The van der Waals surface area contributed by atoms with E-state index in [4.69, 9.17) is 9.47 Å². The van der Waals surface area contributed by atoms with Gasteiger partial charge in [-0.05, 0) is 17.9 Å². The molecule has 6 heteroatoms. The van der Waals surface area contributed by atoms with Crippen molar-refractivity contribution in [1.29, 1.82) is 0 Å². The molecule has 1 aromatic rings. The summed E-state index contributed by atoms with van der Waals surface area (Å²) in [7, 11) is 0. The third-order valence-electron chi connectivity index (χ3n) is 6.17. The van der Waals surface area contributed by atoms with E-state index in [0.717, 1.165) is 5.56 Å². The number of nitrogens with zero attached hydrogens (tertiary/aromatic N) is 1. The maximum Gasteiger partial charge on any atom is 0.311 e. The van der Waals surface area contributed by atoms with E-state index < -0.39 is 17.0 Å². The first-order valence-corrected chi connectivity index (χ1v) is 9.68. The minimum Gasteiger partial charge on any atom is -0.481 e. The summed E-state index contributed by atoms with van der Waals surface area (Å²) < 4.78 is 11.7. The quantitative estimate of drug-likeness (QED) is 0.827. The van der Waals surface area contributed by atoms with Crippen LogP contribution in [0.4, 0.5) is 0 Å². The van der Waals surface area contributed by atoms with Gasteiger partial charge in [-0.15, -0.1) is 0 Å². The number of aliphatic carboxylic acids is 1. The van der Waals surface area contributed by atoms with Gasteiger partial charge in [0, 0.05) is 39.1 Å². The molecule has 1 atom stereocenters. The van der Waals surface area contributed by atoms with Gasteiger partial charge in [-0.1, -0.05) is 44.2 Å². The maximum atomic E-state index is 13.4. The molecule has 1 aromatic carbocycles. The highest BCUT2D eigenvalue weighted by molar-refractivity contribution is 5.87. The summed E-state index contributed by atoms with van der Waals surface area (Å²) in [6.45, 7) is 5.84. The van der Waals surface area contributed by atoms with Crippen LogP contribution in [0, 0.1) is 11.3 Å². The molecular formula is C21H29NO5. The van der Waals surface area contributed by atoms with Gasteiger partial charge in [0.25, 0.3) is 5.91 Å². The molecular weight excluding hydrogens is 346 g/mol. The Kier molecular flexibility index (Phi) is 5.86. The van der Waals surface area contributed by atoms with Crippen LogP contribution in [-0.4, -0.2) is 53.8 Å². The van der Waals surface area contributed by atoms with Gasteiger partial charge in [0.05, 0.1) is 12.0 Å². The minimum absolute atomic E-state index is 0.0383. The molecule has 6 nitrogen and oxygen atoms in total. The van der Waals surface area contributed by atoms with Crippen LogP contribution in [-0.2, 0) is 25.7 Å². The molecule has 0 radical (unpaired) electrons. The molecule has 0 bridgehead atoms. The SMILES string of the molecule is CC(C)C1(C(=O)O)CCN(C(=O)C2(OCc3ccccc3)CCOCC2)C1. The minimum atomic E-state index is -0.931. The van der Waals surface area contributed by atoms with Crippen molar-refractivity contribution in [2.45, 2.75) is 45.3 Å². The molecule has 2 heterocycles. The lowest BCUT2D eigenvalue weighted by Crippen LogP contribution is -2.54. The van der Waals surface area contributed by atoms with E-state index in [2.05, 4.69) is 0 Å². The standard InChI is InChI=1S/C21H29NO5/c1-16(2)20(19(24)25)8-11-22(15-20)18(23)21(9-12-26-13-10-21)27-14-17-6-4-3-5-7-17/h3-7,16H,8-15H2,1-2H3,(H,24,25). The van der Waals surface area contributed by atoms with E-state index in [9.17, 15) is 14.7 Å². The average Bonchev–Trinajstić information content (AvgIpc) is 3.14. The summed E-state index contributed by atoms with van der Waals surface area (Å²) >= 11 is 0. The van der Waals surface area contributed by atoms with Gasteiger partial charge < -0.3 is 19.5 Å². The van der Waals surface area contributed by atoms with Crippen LogP contribution in [0.25, 0.3) is 0 Å². The topological polar surface area (TPSA) is 76.1 Å². The lowest BCUT2D eigenvalue weighted by atomic mass is 9.76. The van der Waals surface area contributed by atoms with E-state index in [1.807, 2.05) is 44.2 Å². The molecule has 0 saturated carbocycles. The highest BCUT2D eigenvalue weighted by Gasteiger charge is 2.52. The van der Waals surface area contributed by atoms with E-state index in [-0.39, 0.29) is 18.4 Å². The average molecular weight is 375 g/mol. The molecule has 2 aliphatic heterocycles. The molecule has 148 valence electrons. The fourth-order valence-electron chi connectivity index (χ4n) is 4.10. The second-order valence-corrected chi connectivity index (χ2v) is 7.97. The van der Waals surface area contributed by atoms with Crippen molar-refractivity contribution in [3.63, 3.8) is 0 Å². The second kappa shape index (κ2) is 7.98. The highest BCUT2D eigenvalue weighted by atomic mass is 16.5. The molecule has 27 heavy (non-hydrogen) atoms. The van der Waals surface area contributed by atoms with Crippen molar-refractivity contribution in [2.24, 2.45) is 11.3 Å². The monoisotopic (exact) mass is 375 g/mol. The third-order valence-corrected chi connectivity index (χ3v) is 6.17. The number of hydrogen-bond acceptors (Lipinski definition) is 4. The van der Waals surface area contributed by atoms with Crippen molar-refractivity contribution < 1.29 is 24.2 Å². The molecule has 1 amide bonds. The highest BCUT2D eigenvalue weighted by Crippen LogP contribution is 2.40. The van der Waals surface area contributed by atoms with Crippen LogP contribution in [0.1, 0.15) is 38.7 Å². The summed E-state index contributed by atoms with van der Waals surface area (Å²) in [6, 6.07) is 9.78. The Morgan fingerprint density at radius 3 is 2.41 bits per heavy atom. The molecule has 2 fully saturated rings. The van der Waals surface area contributed by atoms with Gasteiger partial charge >= 0.3 is 5.97 Å². The molecule has 1 unspecified atom stereocenters. The number of carboxylic acid groups (broad SMARTS) is 1. The van der Waals surface area contributed by atoms with Crippen molar-refractivity contribution in [3.8, 4) is 0 Å². The lowest BCUT2D eigenvalue weighted by molar-refractivity contribution is -0.174. The zero-order valence-electron chi connectivity index (χ0n) is 16.1. The Labute approximate surface area is 160 Å². The van der Waals surface area contributed by atoms with Gasteiger partial charge in [0.15, 0.2) is 5.60 Å². The number of hydrogen-bond donors (Lipinski definition) is 1. The van der Waals surface area contributed by atoms with Gasteiger partial charge in [-0.25, -0.2) is 0 Å². The predicted octanol–water partition coefficient (Wildman–Crippen LogP) is 2.71. The summed E-state index contributed by atoms with van der Waals surface area (Å²) in [4.78, 5) is 27.0. The molecule has 2 saturated heterocycles. The smallest absolute Gasteiger partial charge is 0.311 e. The first kappa shape index (κ1) is 19.8. The van der Waals surface area contributed by atoms with E-state index >= 15 is 0 Å². The summed E-state index contributed by atoms with van der Waals surface area (Å²) in [6.07, 6.45) is 1.48. The Hall–Kier alpha value is -1.92. The zero-order chi connectivity index (χ0) is 19.5. The van der Waals surface area contributed by atoms with E-state index in [0.29, 0.717) is 45.6 Å². The lowest BCUT2D eigenvalue weighted by Gasteiger charge is -2.39. The number of ether oxygens (including phenoxy) is 2. The first-order valence-electron chi connectivity index (χ1n) is 9.68. The summed E-state index contributed by atoms with van der Waals surface area (Å²) in [5.74, 6) is -0.951. The molecule has 1 N–H and O–H groups in total. The number of carbonyl (C=O) groups is 2. The number of rotatable bonds is 6. The Bertz CT molecular complexity index is 668. The van der Waals surface area contributed by atoms with Crippen LogP contribution in [0.5, 0.6) is 0 Å². The van der Waals surface area contributed by atoms with E-state index in [1.165, 1.54) is 0 Å². The molecule has 0 aromatic heterocycles.